The van der Waals surface area contributed by atoms with Crippen molar-refractivity contribution >= 4 is 37.5 Å². The van der Waals surface area contributed by atoms with Crippen LogP contribution in [0, 0.1) is 0 Å². The molecule has 1 atom stereocenters. The molecule has 1 aromatic heterocycles. The van der Waals surface area contributed by atoms with Gasteiger partial charge in [-0.1, -0.05) is 11.3 Å². The first-order valence-corrected chi connectivity index (χ1v) is 13.6. The molecule has 1 unspecified atom stereocenters. The Kier molecular flexibility index (Phi) is 7.98. The zero-order chi connectivity index (χ0) is 25.9. The molecule has 0 bridgehead atoms. The van der Waals surface area contributed by atoms with Gasteiger partial charge in [-0.15, -0.1) is 0 Å². The van der Waals surface area contributed by atoms with Gasteiger partial charge in [-0.05, 0) is 49.2 Å². The summed E-state index contributed by atoms with van der Waals surface area (Å²) in [5, 5.41) is 0. The van der Waals surface area contributed by atoms with Gasteiger partial charge in [0, 0.05) is 20.2 Å². The van der Waals surface area contributed by atoms with Crippen LogP contribution in [-0.4, -0.2) is 70.8 Å². The van der Waals surface area contributed by atoms with Gasteiger partial charge in [0.15, 0.2) is 4.80 Å². The molecule has 1 fully saturated rings. The summed E-state index contributed by atoms with van der Waals surface area (Å²) in [4.78, 5) is 18.4. The SMILES string of the molecule is COCCn1c(=NC(=O)C2CCCN2S(=O)(=O)c2ccc(OC)cc2)sc2c(OC)ccc(OC)c21. The number of carbonyl (C=O) groups excluding carboxylic acids is 1. The van der Waals surface area contributed by atoms with Crippen molar-refractivity contribution in [3.63, 3.8) is 0 Å². The Bertz CT molecular complexity index is 1410. The van der Waals surface area contributed by atoms with Crippen molar-refractivity contribution in [3.8, 4) is 17.2 Å². The van der Waals surface area contributed by atoms with Crippen LogP contribution in [0.2, 0.25) is 0 Å². The van der Waals surface area contributed by atoms with Gasteiger partial charge in [0.1, 0.15) is 33.5 Å². The van der Waals surface area contributed by atoms with Gasteiger partial charge in [0.2, 0.25) is 10.0 Å². The number of benzene rings is 2. The van der Waals surface area contributed by atoms with E-state index >= 15 is 0 Å². The summed E-state index contributed by atoms with van der Waals surface area (Å²) >= 11 is 1.28. The second-order valence-corrected chi connectivity index (χ2v) is 10.9. The molecule has 36 heavy (non-hydrogen) atoms. The molecule has 0 spiro atoms. The van der Waals surface area contributed by atoms with E-state index in [0.29, 0.717) is 48.0 Å². The number of hydrogen-bond donors (Lipinski definition) is 0. The maximum atomic E-state index is 13.4. The van der Waals surface area contributed by atoms with Gasteiger partial charge in [-0.25, -0.2) is 8.42 Å². The van der Waals surface area contributed by atoms with Crippen LogP contribution in [-0.2, 0) is 26.1 Å². The van der Waals surface area contributed by atoms with E-state index in [1.807, 2.05) is 4.57 Å². The first kappa shape index (κ1) is 26.1. The second-order valence-electron chi connectivity index (χ2n) is 8.08. The second kappa shape index (κ2) is 11.0. The summed E-state index contributed by atoms with van der Waals surface area (Å²) in [6, 6.07) is 8.83. The van der Waals surface area contributed by atoms with E-state index in [1.165, 1.54) is 34.9 Å². The Morgan fingerprint density at radius 2 is 1.72 bits per heavy atom. The highest BCUT2D eigenvalue weighted by Crippen LogP contribution is 2.35. The predicted octanol–water partition coefficient (Wildman–Crippen LogP) is 2.66. The van der Waals surface area contributed by atoms with Crippen LogP contribution in [0.15, 0.2) is 46.3 Å². The molecule has 1 saturated heterocycles. The van der Waals surface area contributed by atoms with Gasteiger partial charge in [0.25, 0.3) is 5.91 Å². The van der Waals surface area contributed by atoms with Crippen molar-refractivity contribution in [1.29, 1.82) is 0 Å². The standard InChI is InChI=1S/C24H29N3O7S2/c1-31-15-14-26-21-19(33-3)11-12-20(34-4)22(21)35-24(26)25-23(28)18-6-5-13-27(18)36(29,30)17-9-7-16(32-2)8-10-17/h7-12,18H,5-6,13-15H2,1-4H3. The third kappa shape index (κ3) is 4.85. The number of nitrogens with zero attached hydrogens (tertiary/aromatic N) is 3. The van der Waals surface area contributed by atoms with Gasteiger partial charge in [0.05, 0.1) is 32.8 Å². The van der Waals surface area contributed by atoms with E-state index in [2.05, 4.69) is 4.99 Å². The Morgan fingerprint density at radius 1 is 1.03 bits per heavy atom. The van der Waals surface area contributed by atoms with Crippen LogP contribution in [0.5, 0.6) is 17.2 Å². The summed E-state index contributed by atoms with van der Waals surface area (Å²) in [7, 11) is 2.36. The number of carbonyl (C=O) groups is 1. The molecule has 2 aromatic carbocycles. The van der Waals surface area contributed by atoms with Gasteiger partial charge < -0.3 is 23.5 Å². The minimum Gasteiger partial charge on any atom is -0.497 e. The molecule has 0 N–H and O–H groups in total. The predicted molar refractivity (Wildman–Crippen MR) is 135 cm³/mol. The molecule has 1 amide bonds. The first-order chi connectivity index (χ1) is 17.3. The number of fused-ring (bicyclic) bond motifs is 1. The minimum absolute atomic E-state index is 0.106. The molecule has 1 aliphatic rings. The number of methoxy groups -OCH3 is 4. The third-order valence-corrected chi connectivity index (χ3v) is 9.09. The number of sulfonamides is 1. The number of amides is 1. The van der Waals surface area contributed by atoms with Crippen molar-refractivity contribution in [2.24, 2.45) is 4.99 Å². The van der Waals surface area contributed by atoms with Crippen LogP contribution in [0.3, 0.4) is 0 Å². The normalized spacial score (nSPS) is 17.0. The van der Waals surface area contributed by atoms with Crippen molar-refractivity contribution in [3.05, 3.63) is 41.2 Å². The van der Waals surface area contributed by atoms with Crippen LogP contribution < -0.4 is 19.0 Å². The monoisotopic (exact) mass is 535 g/mol. The quantitative estimate of drug-likeness (QED) is 0.414. The molecule has 1 aliphatic heterocycles. The molecule has 3 aromatic rings. The highest BCUT2D eigenvalue weighted by atomic mass is 32.2. The average molecular weight is 536 g/mol. The van der Waals surface area contributed by atoms with Crippen molar-refractivity contribution in [2.75, 3.05) is 41.6 Å². The van der Waals surface area contributed by atoms with Crippen LogP contribution in [0.25, 0.3) is 10.2 Å². The minimum atomic E-state index is -3.89. The van der Waals surface area contributed by atoms with E-state index < -0.39 is 22.0 Å². The topological polar surface area (TPSA) is 109 Å². The molecule has 12 heteroatoms. The molecule has 0 saturated carbocycles. The van der Waals surface area contributed by atoms with Gasteiger partial charge >= 0.3 is 0 Å². The summed E-state index contributed by atoms with van der Waals surface area (Å²) in [6.45, 7) is 1.05. The van der Waals surface area contributed by atoms with Crippen molar-refractivity contribution in [2.45, 2.75) is 30.3 Å². The van der Waals surface area contributed by atoms with E-state index in [-0.39, 0.29) is 11.4 Å². The number of thiazole rings is 1. The van der Waals surface area contributed by atoms with Crippen molar-refractivity contribution in [1.82, 2.24) is 8.87 Å². The molecule has 0 radical (unpaired) electrons. The molecular weight excluding hydrogens is 506 g/mol. The maximum Gasteiger partial charge on any atom is 0.266 e. The Morgan fingerprint density at radius 3 is 2.36 bits per heavy atom. The molecule has 0 aliphatic carbocycles. The number of ether oxygens (including phenoxy) is 4. The van der Waals surface area contributed by atoms with Gasteiger partial charge in [-0.2, -0.15) is 9.30 Å². The van der Waals surface area contributed by atoms with Crippen LogP contribution in [0.4, 0.5) is 0 Å². The Labute approximate surface area is 213 Å². The molecule has 2 heterocycles. The summed E-state index contributed by atoms with van der Waals surface area (Å²) in [5.74, 6) is 1.27. The largest absolute Gasteiger partial charge is 0.497 e. The zero-order valence-corrected chi connectivity index (χ0v) is 22.2. The lowest BCUT2D eigenvalue weighted by molar-refractivity contribution is -0.121. The van der Waals surface area contributed by atoms with E-state index in [4.69, 9.17) is 18.9 Å². The molecular formula is C24H29N3O7S2. The molecule has 10 nitrogen and oxygen atoms in total. The lowest BCUT2D eigenvalue weighted by Crippen LogP contribution is -2.40. The summed E-state index contributed by atoms with van der Waals surface area (Å²) < 4.78 is 52.0. The van der Waals surface area contributed by atoms with Crippen molar-refractivity contribution < 1.29 is 32.2 Å². The van der Waals surface area contributed by atoms with Crippen LogP contribution >= 0.6 is 11.3 Å². The summed E-state index contributed by atoms with van der Waals surface area (Å²) in [5.41, 5.74) is 0.736. The van der Waals surface area contributed by atoms with Crippen LogP contribution in [0.1, 0.15) is 12.8 Å². The molecule has 4 rings (SSSR count). The smallest absolute Gasteiger partial charge is 0.266 e. The highest BCUT2D eigenvalue weighted by Gasteiger charge is 2.39. The maximum absolute atomic E-state index is 13.4. The third-order valence-electron chi connectivity index (χ3n) is 6.07. The fraction of sp³-hybridized carbons (Fsp3) is 0.417. The lowest BCUT2D eigenvalue weighted by Gasteiger charge is -2.21. The average Bonchev–Trinajstić information content (AvgIpc) is 3.53. The van der Waals surface area contributed by atoms with E-state index in [0.717, 1.165) is 10.2 Å². The van der Waals surface area contributed by atoms with E-state index in [1.54, 1.807) is 45.6 Å². The lowest BCUT2D eigenvalue weighted by atomic mass is 10.2. The number of rotatable bonds is 9. The summed E-state index contributed by atoms with van der Waals surface area (Å²) in [6.07, 6.45) is 0.965. The Balaban J connectivity index is 1.76. The number of aromatic nitrogens is 1. The number of hydrogen-bond acceptors (Lipinski definition) is 8. The first-order valence-electron chi connectivity index (χ1n) is 11.3. The fourth-order valence-corrected chi connectivity index (χ4v) is 7.08. The fourth-order valence-electron chi connectivity index (χ4n) is 4.26. The highest BCUT2D eigenvalue weighted by molar-refractivity contribution is 7.89. The van der Waals surface area contributed by atoms with E-state index in [9.17, 15) is 13.2 Å². The van der Waals surface area contributed by atoms with Gasteiger partial charge in [-0.3, -0.25) is 4.79 Å². The molecule has 194 valence electrons. The Hall–Kier alpha value is -2.93. The zero-order valence-electron chi connectivity index (χ0n) is 20.6.